The summed E-state index contributed by atoms with van der Waals surface area (Å²) < 4.78 is 0. The van der Waals surface area contributed by atoms with Gasteiger partial charge in [0.05, 0.1) is 28.3 Å². The number of nitrogens with zero attached hydrogens (tertiary/aromatic N) is 3. The molecule has 0 aliphatic carbocycles. The minimum atomic E-state index is -0.0381. The topological polar surface area (TPSA) is 91.8 Å². The summed E-state index contributed by atoms with van der Waals surface area (Å²) in [4.78, 5) is 25.7. The van der Waals surface area contributed by atoms with Crippen molar-refractivity contribution in [1.29, 1.82) is 0 Å². The first-order valence-corrected chi connectivity index (χ1v) is 10.5. The first kappa shape index (κ1) is 21.0. The van der Waals surface area contributed by atoms with Gasteiger partial charge < -0.3 is 16.0 Å². The molecule has 2 aromatic heterocycles. The largest absolute Gasteiger partial charge is 0.355 e. The molecule has 7 nitrogen and oxygen atoms in total. The number of amides is 1. The Labute approximate surface area is 179 Å². The average molecular weight is 431 g/mol. The summed E-state index contributed by atoms with van der Waals surface area (Å²) in [6, 6.07) is 6.13. The van der Waals surface area contributed by atoms with E-state index in [9.17, 15) is 4.79 Å². The van der Waals surface area contributed by atoms with Crippen molar-refractivity contribution in [2.75, 3.05) is 23.7 Å². The number of aryl methyl sites for hydroxylation is 2. The Morgan fingerprint density at radius 1 is 1.17 bits per heavy atom. The van der Waals surface area contributed by atoms with Gasteiger partial charge in [-0.25, -0.2) is 15.0 Å². The van der Waals surface area contributed by atoms with E-state index in [1.807, 2.05) is 32.9 Å². The van der Waals surface area contributed by atoms with Crippen molar-refractivity contribution >= 4 is 45.6 Å². The van der Waals surface area contributed by atoms with Crippen LogP contribution in [0.3, 0.4) is 0 Å². The van der Waals surface area contributed by atoms with Crippen molar-refractivity contribution < 1.29 is 4.79 Å². The molecule has 0 fully saturated rings. The van der Waals surface area contributed by atoms with Crippen LogP contribution in [-0.2, 0) is 4.79 Å². The van der Waals surface area contributed by atoms with Gasteiger partial charge in [-0.1, -0.05) is 35.9 Å². The third-order valence-electron chi connectivity index (χ3n) is 4.02. The van der Waals surface area contributed by atoms with Crippen LogP contribution in [0.25, 0.3) is 10.4 Å². The smallest absolute Gasteiger partial charge is 0.239 e. The summed E-state index contributed by atoms with van der Waals surface area (Å²) in [5.41, 5.74) is 3.72. The first-order chi connectivity index (χ1) is 13.9. The molecule has 0 unspecified atom stereocenters. The summed E-state index contributed by atoms with van der Waals surface area (Å²) in [6.07, 6.45) is 4.30. The van der Waals surface area contributed by atoms with Gasteiger partial charge >= 0.3 is 0 Å². The number of carbonyl (C=O) groups excluding carboxylic acids is 1. The number of carbonyl (C=O) groups is 1. The van der Waals surface area contributed by atoms with Crippen molar-refractivity contribution in [1.82, 2.24) is 20.3 Å². The summed E-state index contributed by atoms with van der Waals surface area (Å²) in [6.45, 7) is 6.78. The SMILES string of the molecule is CCCNC(=O)CNc1ncc(-c2cc(C)cc(Nc3ncc(Cl)c(C)n3)c2)s1. The van der Waals surface area contributed by atoms with Crippen LogP contribution >= 0.6 is 22.9 Å². The Morgan fingerprint density at radius 3 is 2.76 bits per heavy atom. The minimum absolute atomic E-state index is 0.0381. The fraction of sp³-hybridized carbons (Fsp3) is 0.300. The van der Waals surface area contributed by atoms with E-state index in [1.165, 1.54) is 11.3 Å². The first-order valence-electron chi connectivity index (χ1n) is 9.29. The van der Waals surface area contributed by atoms with E-state index in [0.717, 1.165) is 33.8 Å². The molecule has 1 amide bonds. The molecule has 3 rings (SSSR count). The molecule has 0 spiro atoms. The number of thiazole rings is 1. The highest BCUT2D eigenvalue weighted by Crippen LogP contribution is 2.32. The minimum Gasteiger partial charge on any atom is -0.355 e. The highest BCUT2D eigenvalue weighted by molar-refractivity contribution is 7.18. The predicted octanol–water partition coefficient (Wildman–Crippen LogP) is 4.55. The molecule has 1 aromatic carbocycles. The van der Waals surface area contributed by atoms with Gasteiger partial charge in [-0.2, -0.15) is 0 Å². The Balaban J connectivity index is 1.72. The zero-order valence-corrected chi connectivity index (χ0v) is 18.1. The van der Waals surface area contributed by atoms with E-state index in [1.54, 1.807) is 12.4 Å². The van der Waals surface area contributed by atoms with Crippen LogP contribution in [-0.4, -0.2) is 33.9 Å². The van der Waals surface area contributed by atoms with Crippen LogP contribution in [0.4, 0.5) is 16.8 Å². The highest BCUT2D eigenvalue weighted by Gasteiger charge is 2.09. The molecule has 152 valence electrons. The van der Waals surface area contributed by atoms with Crippen LogP contribution in [0, 0.1) is 13.8 Å². The van der Waals surface area contributed by atoms with E-state index < -0.39 is 0 Å². The zero-order chi connectivity index (χ0) is 20.8. The van der Waals surface area contributed by atoms with Gasteiger partial charge in [0.25, 0.3) is 0 Å². The predicted molar refractivity (Wildman–Crippen MR) is 119 cm³/mol. The van der Waals surface area contributed by atoms with Gasteiger partial charge in [0.2, 0.25) is 11.9 Å². The monoisotopic (exact) mass is 430 g/mol. The lowest BCUT2D eigenvalue weighted by Crippen LogP contribution is -2.30. The van der Waals surface area contributed by atoms with Crippen LogP contribution in [0.5, 0.6) is 0 Å². The molecular formula is C20H23ClN6OS. The third-order valence-corrected chi connectivity index (χ3v) is 5.39. The van der Waals surface area contributed by atoms with E-state index in [4.69, 9.17) is 11.6 Å². The van der Waals surface area contributed by atoms with E-state index in [0.29, 0.717) is 22.6 Å². The number of hydrogen-bond donors (Lipinski definition) is 3. The van der Waals surface area contributed by atoms with Crippen LogP contribution < -0.4 is 16.0 Å². The highest BCUT2D eigenvalue weighted by atomic mass is 35.5. The van der Waals surface area contributed by atoms with Gasteiger partial charge in [-0.05, 0) is 43.5 Å². The Bertz CT molecular complexity index is 1010. The maximum absolute atomic E-state index is 11.7. The van der Waals surface area contributed by atoms with Gasteiger partial charge in [0, 0.05) is 18.4 Å². The molecule has 0 radical (unpaired) electrons. The van der Waals surface area contributed by atoms with E-state index in [-0.39, 0.29) is 12.5 Å². The standard InChI is InChI=1S/C20H23ClN6OS/c1-4-5-22-18(28)11-25-20-24-10-17(29-20)14-6-12(2)7-15(8-14)27-19-23-9-16(21)13(3)26-19/h6-10H,4-5,11H2,1-3H3,(H,22,28)(H,24,25)(H,23,26,27). The Hall–Kier alpha value is -2.71. The normalized spacial score (nSPS) is 10.6. The second kappa shape index (κ2) is 9.67. The van der Waals surface area contributed by atoms with E-state index in [2.05, 4.69) is 37.0 Å². The van der Waals surface area contributed by atoms with Crippen molar-refractivity contribution in [3.8, 4) is 10.4 Å². The van der Waals surface area contributed by atoms with Crippen molar-refractivity contribution in [3.05, 3.63) is 46.9 Å². The summed E-state index contributed by atoms with van der Waals surface area (Å²) in [5.74, 6) is 0.456. The lowest BCUT2D eigenvalue weighted by atomic mass is 10.1. The molecule has 0 aliphatic heterocycles. The zero-order valence-electron chi connectivity index (χ0n) is 16.5. The molecule has 0 saturated carbocycles. The molecule has 0 saturated heterocycles. The second-order valence-electron chi connectivity index (χ2n) is 6.57. The molecule has 3 aromatic rings. The summed E-state index contributed by atoms with van der Waals surface area (Å²) in [7, 11) is 0. The molecule has 29 heavy (non-hydrogen) atoms. The quantitative estimate of drug-likeness (QED) is 0.485. The number of nitrogens with one attached hydrogen (secondary N) is 3. The van der Waals surface area contributed by atoms with Crippen molar-refractivity contribution in [3.63, 3.8) is 0 Å². The molecule has 0 atom stereocenters. The number of hydrogen-bond acceptors (Lipinski definition) is 7. The molecule has 9 heteroatoms. The number of rotatable bonds is 8. The third kappa shape index (κ3) is 5.88. The summed E-state index contributed by atoms with van der Waals surface area (Å²) >= 11 is 7.50. The van der Waals surface area contributed by atoms with E-state index >= 15 is 0 Å². The number of anilines is 3. The Morgan fingerprint density at radius 2 is 2.00 bits per heavy atom. The molecular weight excluding hydrogens is 408 g/mol. The van der Waals surface area contributed by atoms with Crippen LogP contribution in [0.2, 0.25) is 5.02 Å². The van der Waals surface area contributed by atoms with Gasteiger partial charge in [-0.15, -0.1) is 0 Å². The lowest BCUT2D eigenvalue weighted by molar-refractivity contribution is -0.119. The fourth-order valence-corrected chi connectivity index (χ4v) is 3.50. The molecule has 0 aliphatic rings. The maximum Gasteiger partial charge on any atom is 0.239 e. The number of halogens is 1. The Kier molecular flexibility index (Phi) is 7.00. The maximum atomic E-state index is 11.7. The molecule has 2 heterocycles. The van der Waals surface area contributed by atoms with Gasteiger partial charge in [-0.3, -0.25) is 4.79 Å². The summed E-state index contributed by atoms with van der Waals surface area (Å²) in [5, 5.41) is 10.4. The van der Waals surface area contributed by atoms with Crippen molar-refractivity contribution in [2.24, 2.45) is 0 Å². The van der Waals surface area contributed by atoms with Gasteiger partial charge in [0.1, 0.15) is 0 Å². The second-order valence-corrected chi connectivity index (χ2v) is 8.01. The fourth-order valence-electron chi connectivity index (χ4n) is 2.61. The van der Waals surface area contributed by atoms with Gasteiger partial charge in [0.15, 0.2) is 5.13 Å². The average Bonchev–Trinajstić information content (AvgIpc) is 3.16. The molecule has 3 N–H and O–H groups in total. The number of benzene rings is 1. The van der Waals surface area contributed by atoms with Crippen LogP contribution in [0.1, 0.15) is 24.6 Å². The van der Waals surface area contributed by atoms with Crippen LogP contribution in [0.15, 0.2) is 30.6 Å². The molecule has 0 bridgehead atoms. The number of aromatic nitrogens is 3. The lowest BCUT2D eigenvalue weighted by Gasteiger charge is -2.09. The van der Waals surface area contributed by atoms with Crippen molar-refractivity contribution in [2.45, 2.75) is 27.2 Å².